The molecule has 5 nitrogen and oxygen atoms in total. The van der Waals surface area contributed by atoms with Gasteiger partial charge in [-0.3, -0.25) is 9.78 Å². The highest BCUT2D eigenvalue weighted by atomic mass is 19.1. The molecule has 1 saturated carbocycles. The highest BCUT2D eigenvalue weighted by molar-refractivity contribution is 5.87. The van der Waals surface area contributed by atoms with Gasteiger partial charge >= 0.3 is 5.97 Å². The third-order valence-corrected chi connectivity index (χ3v) is 8.67. The number of aryl methyl sites for hydroxylation is 2. The summed E-state index contributed by atoms with van der Waals surface area (Å²) >= 11 is 0. The fourth-order valence-corrected chi connectivity index (χ4v) is 6.68. The largest absolute Gasteiger partial charge is 0.493 e. The van der Waals surface area contributed by atoms with E-state index in [1.54, 1.807) is 12.1 Å². The number of hydrogen-bond donors (Lipinski definition) is 0. The first kappa shape index (κ1) is 29.1. The van der Waals surface area contributed by atoms with Gasteiger partial charge < -0.3 is 14.4 Å². The number of halogens is 1. The molecule has 218 valence electrons. The number of benzene rings is 2. The van der Waals surface area contributed by atoms with Gasteiger partial charge in [0.25, 0.3) is 0 Å². The van der Waals surface area contributed by atoms with E-state index in [0.29, 0.717) is 18.9 Å². The number of nitrogens with zero attached hydrogens (tertiary/aromatic N) is 2. The molecule has 0 radical (unpaired) electrons. The number of esters is 1. The van der Waals surface area contributed by atoms with Gasteiger partial charge in [0, 0.05) is 42.0 Å². The first-order valence-electron chi connectivity index (χ1n) is 15.2. The van der Waals surface area contributed by atoms with Crippen LogP contribution in [0.4, 0.5) is 10.1 Å². The number of piperidine rings is 1. The number of ether oxygens (including phenoxy) is 2. The van der Waals surface area contributed by atoms with Crippen LogP contribution in [0.3, 0.4) is 0 Å². The number of anilines is 1. The lowest BCUT2D eigenvalue weighted by Gasteiger charge is -2.43. The summed E-state index contributed by atoms with van der Waals surface area (Å²) in [6, 6.07) is 14.7. The van der Waals surface area contributed by atoms with Crippen LogP contribution in [0.2, 0.25) is 0 Å². The average molecular weight is 559 g/mol. The quantitative estimate of drug-likeness (QED) is 0.253. The molecule has 5 rings (SSSR count). The van der Waals surface area contributed by atoms with Crippen LogP contribution in [0, 0.1) is 31.5 Å². The maximum atomic E-state index is 13.2. The lowest BCUT2D eigenvalue weighted by Crippen LogP contribution is -2.42. The van der Waals surface area contributed by atoms with Gasteiger partial charge in [0.15, 0.2) is 0 Å². The standard InChI is InChI=1S/C35H43FN2O3/c1-23(2)41-33(39)21-32-24(3)37-25(4)34(35(32)38-19-17-27-7-5-6-8-29(27)22-38)28-11-15-31(16-12-28)40-20-18-26-9-13-30(36)14-10-26/h9-16,23,27,29H,5-8,17-22H2,1-4H3/t27?,29-/m1/s1. The van der Waals surface area contributed by atoms with E-state index in [9.17, 15) is 9.18 Å². The summed E-state index contributed by atoms with van der Waals surface area (Å²) in [6.07, 6.45) is 7.26. The van der Waals surface area contributed by atoms with Gasteiger partial charge in [-0.25, -0.2) is 4.39 Å². The fraction of sp³-hybridized carbons (Fsp3) is 0.486. The Balaban J connectivity index is 1.43. The van der Waals surface area contributed by atoms with E-state index in [4.69, 9.17) is 14.5 Å². The normalized spacial score (nSPS) is 18.7. The second kappa shape index (κ2) is 13.1. The Labute approximate surface area is 244 Å². The predicted molar refractivity (Wildman–Crippen MR) is 162 cm³/mol. The summed E-state index contributed by atoms with van der Waals surface area (Å²) in [7, 11) is 0. The molecule has 0 amide bonds. The van der Waals surface area contributed by atoms with Crippen LogP contribution in [0.15, 0.2) is 48.5 Å². The number of carbonyl (C=O) groups excluding carboxylic acids is 1. The number of fused-ring (bicyclic) bond motifs is 1. The van der Waals surface area contributed by atoms with Gasteiger partial charge in [-0.1, -0.05) is 43.5 Å². The van der Waals surface area contributed by atoms with Crippen LogP contribution in [0.25, 0.3) is 11.1 Å². The van der Waals surface area contributed by atoms with Crippen molar-refractivity contribution in [2.75, 3.05) is 24.6 Å². The number of pyridine rings is 1. The molecule has 2 fully saturated rings. The maximum Gasteiger partial charge on any atom is 0.310 e. The SMILES string of the molecule is Cc1nc(C)c(-c2ccc(OCCc3ccc(F)cc3)cc2)c(N2CCC3CCCC[C@@H]3C2)c1CC(=O)OC(C)C. The minimum absolute atomic E-state index is 0.155. The Morgan fingerprint density at radius 2 is 1.68 bits per heavy atom. The van der Waals surface area contributed by atoms with E-state index in [-0.39, 0.29) is 24.3 Å². The summed E-state index contributed by atoms with van der Waals surface area (Å²) in [5.41, 5.74) is 7.19. The van der Waals surface area contributed by atoms with Gasteiger partial charge in [-0.2, -0.15) is 0 Å². The van der Waals surface area contributed by atoms with Crippen LogP contribution >= 0.6 is 0 Å². The van der Waals surface area contributed by atoms with Gasteiger partial charge in [0.05, 0.1) is 24.8 Å². The molecule has 0 spiro atoms. The molecule has 1 saturated heterocycles. The minimum atomic E-state index is -0.228. The molecule has 6 heteroatoms. The molecule has 2 atom stereocenters. The summed E-state index contributed by atoms with van der Waals surface area (Å²) in [5.74, 6) is 1.87. The molecule has 0 bridgehead atoms. The molecule has 0 N–H and O–H groups in total. The molecule has 1 aliphatic carbocycles. The number of hydrogen-bond acceptors (Lipinski definition) is 5. The zero-order chi connectivity index (χ0) is 28.9. The van der Waals surface area contributed by atoms with Crippen LogP contribution in [0.5, 0.6) is 5.75 Å². The fourth-order valence-electron chi connectivity index (χ4n) is 6.68. The Hall–Kier alpha value is -3.41. The van der Waals surface area contributed by atoms with Crippen molar-refractivity contribution in [3.8, 4) is 16.9 Å². The lowest BCUT2D eigenvalue weighted by atomic mass is 9.75. The summed E-state index contributed by atoms with van der Waals surface area (Å²) < 4.78 is 24.8. The second-order valence-electron chi connectivity index (χ2n) is 12.0. The molecular weight excluding hydrogens is 515 g/mol. The molecule has 2 aliphatic rings. The van der Waals surface area contributed by atoms with Crippen LogP contribution in [-0.2, 0) is 22.4 Å². The van der Waals surface area contributed by atoms with Gasteiger partial charge in [0.1, 0.15) is 11.6 Å². The minimum Gasteiger partial charge on any atom is -0.493 e. The first-order chi connectivity index (χ1) is 19.8. The third-order valence-electron chi connectivity index (χ3n) is 8.67. The first-order valence-corrected chi connectivity index (χ1v) is 15.2. The van der Waals surface area contributed by atoms with E-state index in [1.807, 2.05) is 32.9 Å². The highest BCUT2D eigenvalue weighted by Crippen LogP contribution is 2.43. The predicted octanol–water partition coefficient (Wildman–Crippen LogP) is 7.64. The lowest BCUT2D eigenvalue weighted by molar-refractivity contribution is -0.146. The van der Waals surface area contributed by atoms with Crippen molar-refractivity contribution >= 4 is 11.7 Å². The summed E-state index contributed by atoms with van der Waals surface area (Å²) in [5, 5.41) is 0. The number of carbonyl (C=O) groups is 1. The molecule has 1 aliphatic heterocycles. The van der Waals surface area contributed by atoms with Crippen molar-refractivity contribution in [3.05, 3.63) is 76.9 Å². The Kier molecular flexibility index (Phi) is 9.26. The van der Waals surface area contributed by atoms with E-state index in [2.05, 4.69) is 24.0 Å². The van der Waals surface area contributed by atoms with Gasteiger partial charge in [-0.15, -0.1) is 0 Å². The topological polar surface area (TPSA) is 51.7 Å². The monoisotopic (exact) mass is 558 g/mol. The molecule has 3 aromatic rings. The number of aromatic nitrogens is 1. The zero-order valence-corrected chi connectivity index (χ0v) is 24.9. The molecular formula is C35H43FN2O3. The van der Waals surface area contributed by atoms with Crippen LogP contribution in [-0.4, -0.2) is 36.8 Å². The average Bonchev–Trinajstić information content (AvgIpc) is 2.95. The van der Waals surface area contributed by atoms with Crippen molar-refractivity contribution < 1.29 is 18.7 Å². The molecule has 2 aromatic carbocycles. The Bertz CT molecular complexity index is 1340. The molecule has 2 heterocycles. The Morgan fingerprint density at radius 3 is 2.39 bits per heavy atom. The van der Waals surface area contributed by atoms with Crippen molar-refractivity contribution in [2.45, 2.75) is 78.7 Å². The maximum absolute atomic E-state index is 13.2. The summed E-state index contributed by atoms with van der Waals surface area (Å²) in [4.78, 5) is 20.4. The van der Waals surface area contributed by atoms with Crippen LogP contribution in [0.1, 0.15) is 68.5 Å². The number of rotatable bonds is 9. The van der Waals surface area contributed by atoms with E-state index >= 15 is 0 Å². The smallest absolute Gasteiger partial charge is 0.310 e. The van der Waals surface area contributed by atoms with Crippen molar-refractivity contribution in [1.82, 2.24) is 4.98 Å². The zero-order valence-electron chi connectivity index (χ0n) is 24.9. The molecule has 1 unspecified atom stereocenters. The van der Waals surface area contributed by atoms with E-state index in [0.717, 1.165) is 64.1 Å². The third kappa shape index (κ3) is 7.09. The Morgan fingerprint density at radius 1 is 0.976 bits per heavy atom. The van der Waals surface area contributed by atoms with Gasteiger partial charge in [-0.05, 0) is 87.8 Å². The van der Waals surface area contributed by atoms with E-state index < -0.39 is 0 Å². The van der Waals surface area contributed by atoms with Crippen LogP contribution < -0.4 is 9.64 Å². The van der Waals surface area contributed by atoms with E-state index in [1.165, 1.54) is 44.2 Å². The van der Waals surface area contributed by atoms with Crippen molar-refractivity contribution in [2.24, 2.45) is 11.8 Å². The molecule has 41 heavy (non-hydrogen) atoms. The van der Waals surface area contributed by atoms with Crippen molar-refractivity contribution in [1.29, 1.82) is 0 Å². The summed E-state index contributed by atoms with van der Waals surface area (Å²) in [6.45, 7) is 10.4. The second-order valence-corrected chi connectivity index (χ2v) is 12.0. The van der Waals surface area contributed by atoms with Gasteiger partial charge in [0.2, 0.25) is 0 Å². The molecule has 1 aromatic heterocycles. The highest BCUT2D eigenvalue weighted by Gasteiger charge is 2.34. The van der Waals surface area contributed by atoms with Crippen molar-refractivity contribution in [3.63, 3.8) is 0 Å².